The lowest BCUT2D eigenvalue weighted by molar-refractivity contribution is -0.0293. The number of nitrogens with one attached hydrogen (secondary N) is 1. The zero-order valence-electron chi connectivity index (χ0n) is 16.3. The van der Waals surface area contributed by atoms with E-state index in [4.69, 9.17) is 9.47 Å². The second-order valence-corrected chi connectivity index (χ2v) is 8.36. The van der Waals surface area contributed by atoms with Crippen LogP contribution in [0.25, 0.3) is 10.2 Å². The quantitative estimate of drug-likeness (QED) is 0.784. The number of likely N-dealkylation sites (tertiary alicyclic amines) is 1. The molecule has 0 unspecified atom stereocenters. The van der Waals surface area contributed by atoms with Crippen molar-refractivity contribution < 1.29 is 23.8 Å². The number of hydrogen-bond acceptors (Lipinski definition) is 7. The molecule has 2 N–H and O–H groups in total. The molecule has 158 valence electrons. The number of rotatable bonds is 4. The van der Waals surface area contributed by atoms with Crippen LogP contribution >= 0.6 is 11.3 Å². The maximum Gasteiger partial charge on any atom is 0.323 e. The lowest BCUT2D eigenvalue weighted by atomic mass is 9.93. The van der Waals surface area contributed by atoms with Crippen LogP contribution in [0.3, 0.4) is 0 Å². The second-order valence-electron chi connectivity index (χ2n) is 7.36. The fourth-order valence-electron chi connectivity index (χ4n) is 3.67. The number of piperidine rings is 1. The van der Waals surface area contributed by atoms with E-state index in [1.807, 2.05) is 12.1 Å². The summed E-state index contributed by atoms with van der Waals surface area (Å²) in [6.45, 7) is 2.77. The molecule has 0 radical (unpaired) electrons. The number of morpholine rings is 1. The third kappa shape index (κ3) is 4.10. The number of urea groups is 1. The minimum atomic E-state index is -1.31. The monoisotopic (exact) mass is 424 g/mol. The van der Waals surface area contributed by atoms with E-state index >= 15 is 0 Å². The number of halogens is 1. The van der Waals surface area contributed by atoms with Crippen LogP contribution in [-0.2, 0) is 4.74 Å². The number of nitrogens with zero attached hydrogens (tertiary/aromatic N) is 3. The molecule has 3 heterocycles. The first-order chi connectivity index (χ1) is 14.0. The maximum absolute atomic E-state index is 12.9. The van der Waals surface area contributed by atoms with Crippen molar-refractivity contribution in [3.63, 3.8) is 0 Å². The van der Waals surface area contributed by atoms with Crippen LogP contribution < -0.4 is 15.0 Å². The van der Waals surface area contributed by atoms with Gasteiger partial charge in [0.1, 0.15) is 17.9 Å². The van der Waals surface area contributed by atoms with Gasteiger partial charge < -0.3 is 24.4 Å². The molecule has 0 saturated carbocycles. The molecule has 2 aromatic rings. The average molecular weight is 424 g/mol. The van der Waals surface area contributed by atoms with Gasteiger partial charge in [-0.05, 0) is 25.0 Å². The summed E-state index contributed by atoms with van der Waals surface area (Å²) in [7, 11) is 1.60. The molecule has 2 aliphatic heterocycles. The van der Waals surface area contributed by atoms with Gasteiger partial charge in [-0.3, -0.25) is 5.32 Å². The Kier molecular flexibility index (Phi) is 5.75. The van der Waals surface area contributed by atoms with Crippen LogP contribution in [0.1, 0.15) is 12.8 Å². The third-order valence-electron chi connectivity index (χ3n) is 5.50. The first-order valence-electron chi connectivity index (χ1n) is 9.67. The summed E-state index contributed by atoms with van der Waals surface area (Å²) in [5, 5.41) is 13.3. The maximum atomic E-state index is 12.9. The Bertz CT molecular complexity index is 878. The number of anilines is 2. The van der Waals surface area contributed by atoms with Crippen molar-refractivity contribution in [2.75, 3.05) is 63.4 Å². The number of carbonyl (C=O) groups excluding carboxylic acids is 1. The number of aliphatic hydroxyl groups is 1. The molecule has 1 aromatic carbocycles. The molecule has 2 saturated heterocycles. The van der Waals surface area contributed by atoms with Crippen molar-refractivity contribution >= 4 is 38.4 Å². The molecule has 2 amide bonds. The summed E-state index contributed by atoms with van der Waals surface area (Å²) in [5.41, 5.74) is 0.447. The zero-order chi connectivity index (χ0) is 20.4. The highest BCUT2D eigenvalue weighted by Crippen LogP contribution is 2.39. The standard InChI is InChI=1S/C19H25FN4O4S/c1-27-14-3-2-13(23-8-10-28-11-9-23)16-15(14)21-17(29-16)22-18(25)24-6-4-19(26,12-20)5-7-24/h2-3,26H,4-12H2,1H3,(H,21,22,25). The number of aromatic nitrogens is 1. The molecule has 2 fully saturated rings. The van der Waals surface area contributed by atoms with Crippen LogP contribution in [-0.4, -0.2) is 79.8 Å². The van der Waals surface area contributed by atoms with Gasteiger partial charge in [0.05, 0.1) is 36.3 Å². The molecular weight excluding hydrogens is 399 g/mol. The van der Waals surface area contributed by atoms with Gasteiger partial charge in [-0.25, -0.2) is 14.2 Å². The topological polar surface area (TPSA) is 87.2 Å². The SMILES string of the molecule is COc1ccc(N2CCOCC2)c2sc(NC(=O)N3CCC(O)(CF)CC3)nc12. The lowest BCUT2D eigenvalue weighted by Gasteiger charge is -2.36. The number of amides is 2. The summed E-state index contributed by atoms with van der Waals surface area (Å²) < 4.78 is 24.8. The van der Waals surface area contributed by atoms with Gasteiger partial charge >= 0.3 is 6.03 Å². The molecule has 2 aliphatic rings. The summed E-state index contributed by atoms with van der Waals surface area (Å²) in [5.74, 6) is 0.653. The first kappa shape index (κ1) is 20.1. The largest absolute Gasteiger partial charge is 0.494 e. The Morgan fingerprint density at radius 1 is 1.34 bits per heavy atom. The van der Waals surface area contributed by atoms with Gasteiger partial charge in [0.25, 0.3) is 0 Å². The van der Waals surface area contributed by atoms with E-state index < -0.39 is 12.3 Å². The van der Waals surface area contributed by atoms with Crippen LogP contribution in [0, 0.1) is 0 Å². The molecule has 0 bridgehead atoms. The van der Waals surface area contributed by atoms with Crippen molar-refractivity contribution in [2.45, 2.75) is 18.4 Å². The molecule has 4 rings (SSSR count). The van der Waals surface area contributed by atoms with Gasteiger partial charge in [-0.15, -0.1) is 0 Å². The summed E-state index contributed by atoms with van der Waals surface area (Å²) in [6.07, 6.45) is 0.456. The van der Waals surface area contributed by atoms with Gasteiger partial charge in [0, 0.05) is 26.2 Å². The summed E-state index contributed by atoms with van der Waals surface area (Å²) in [4.78, 5) is 21.0. The molecule has 0 atom stereocenters. The highest BCUT2D eigenvalue weighted by Gasteiger charge is 2.34. The van der Waals surface area contributed by atoms with Crippen molar-refractivity contribution in [3.05, 3.63) is 12.1 Å². The van der Waals surface area contributed by atoms with Crippen molar-refractivity contribution in [1.82, 2.24) is 9.88 Å². The van der Waals surface area contributed by atoms with Crippen molar-refractivity contribution in [1.29, 1.82) is 0 Å². The Hall–Kier alpha value is -2.17. The highest BCUT2D eigenvalue weighted by atomic mass is 32.1. The Balaban J connectivity index is 1.54. The Labute approximate surface area is 172 Å². The smallest absolute Gasteiger partial charge is 0.323 e. The summed E-state index contributed by atoms with van der Waals surface area (Å²) in [6, 6.07) is 3.61. The summed E-state index contributed by atoms with van der Waals surface area (Å²) >= 11 is 1.40. The molecule has 0 spiro atoms. The number of fused-ring (bicyclic) bond motifs is 1. The van der Waals surface area contributed by atoms with E-state index in [2.05, 4.69) is 15.2 Å². The van der Waals surface area contributed by atoms with Crippen LogP contribution in [0.5, 0.6) is 5.75 Å². The van der Waals surface area contributed by atoms with Crippen LogP contribution in [0.4, 0.5) is 20.0 Å². The number of carbonyl (C=O) groups is 1. The normalized spacial score (nSPS) is 19.4. The fourth-order valence-corrected chi connectivity index (χ4v) is 4.68. The molecule has 0 aliphatic carbocycles. The molecule has 8 nitrogen and oxygen atoms in total. The van der Waals surface area contributed by atoms with E-state index in [1.165, 1.54) is 11.3 Å². The molecule has 10 heteroatoms. The molecule has 29 heavy (non-hydrogen) atoms. The average Bonchev–Trinajstić information content (AvgIpc) is 3.17. The second kappa shape index (κ2) is 8.29. The number of methoxy groups -OCH3 is 1. The fraction of sp³-hybridized carbons (Fsp3) is 0.579. The van der Waals surface area contributed by atoms with E-state index in [1.54, 1.807) is 12.0 Å². The van der Waals surface area contributed by atoms with Crippen LogP contribution in [0.15, 0.2) is 12.1 Å². The molecular formula is C19H25FN4O4S. The van der Waals surface area contributed by atoms with Gasteiger partial charge in [-0.1, -0.05) is 11.3 Å². The lowest BCUT2D eigenvalue weighted by Crippen LogP contribution is -2.49. The highest BCUT2D eigenvalue weighted by molar-refractivity contribution is 7.23. The van der Waals surface area contributed by atoms with E-state index in [-0.39, 0.29) is 18.9 Å². The van der Waals surface area contributed by atoms with Gasteiger partial charge in [-0.2, -0.15) is 0 Å². The van der Waals surface area contributed by atoms with Crippen molar-refractivity contribution in [2.24, 2.45) is 0 Å². The number of alkyl halides is 1. The predicted octanol–water partition coefficient (Wildman–Crippen LogP) is 2.47. The van der Waals surface area contributed by atoms with Gasteiger partial charge in [0.15, 0.2) is 5.13 Å². The van der Waals surface area contributed by atoms with E-state index in [9.17, 15) is 14.3 Å². The van der Waals surface area contributed by atoms with Gasteiger partial charge in [0.2, 0.25) is 0 Å². The Morgan fingerprint density at radius 3 is 2.72 bits per heavy atom. The first-order valence-corrected chi connectivity index (χ1v) is 10.5. The molecule has 1 aromatic heterocycles. The number of hydrogen-bond donors (Lipinski definition) is 2. The minimum absolute atomic E-state index is 0.228. The Morgan fingerprint density at radius 2 is 2.07 bits per heavy atom. The number of ether oxygens (including phenoxy) is 2. The minimum Gasteiger partial charge on any atom is -0.494 e. The number of thiazole rings is 1. The number of benzene rings is 1. The third-order valence-corrected chi connectivity index (χ3v) is 6.49. The predicted molar refractivity (Wildman–Crippen MR) is 110 cm³/mol. The van der Waals surface area contributed by atoms with Crippen molar-refractivity contribution in [3.8, 4) is 5.75 Å². The van der Waals surface area contributed by atoms with Crippen LogP contribution in [0.2, 0.25) is 0 Å². The van der Waals surface area contributed by atoms with E-state index in [0.717, 1.165) is 23.5 Å². The van der Waals surface area contributed by atoms with E-state index in [0.29, 0.717) is 42.7 Å². The zero-order valence-corrected chi connectivity index (χ0v) is 17.1.